The molecule has 1 aromatic carbocycles. The molecule has 0 aliphatic carbocycles. The van der Waals surface area contributed by atoms with Crippen molar-refractivity contribution in [1.29, 1.82) is 0 Å². The van der Waals surface area contributed by atoms with Gasteiger partial charge in [-0.05, 0) is 49.9 Å². The van der Waals surface area contributed by atoms with E-state index in [2.05, 4.69) is 45.1 Å². The lowest BCUT2D eigenvalue weighted by Crippen LogP contribution is -2.38. The van der Waals surface area contributed by atoms with Gasteiger partial charge in [0.2, 0.25) is 0 Å². The van der Waals surface area contributed by atoms with E-state index in [1.54, 1.807) is 0 Å². The number of rotatable bonds is 3. The molecule has 94 valence electrons. The van der Waals surface area contributed by atoms with Gasteiger partial charge < -0.3 is 5.11 Å². The third-order valence-electron chi connectivity index (χ3n) is 3.52. The van der Waals surface area contributed by atoms with E-state index < -0.39 is 0 Å². The van der Waals surface area contributed by atoms with Gasteiger partial charge >= 0.3 is 0 Å². The van der Waals surface area contributed by atoms with Crippen molar-refractivity contribution in [3.8, 4) is 0 Å². The first kappa shape index (κ1) is 13.1. The van der Waals surface area contributed by atoms with Crippen molar-refractivity contribution >= 4 is 15.9 Å². The Morgan fingerprint density at radius 3 is 3.06 bits per heavy atom. The monoisotopic (exact) mass is 297 g/mol. The fourth-order valence-electron chi connectivity index (χ4n) is 2.52. The van der Waals surface area contributed by atoms with Gasteiger partial charge in [0, 0.05) is 17.6 Å². The SMILES string of the molecule is CC(O)C1CCCN(Cc2cccc(Br)c2)C1. The predicted molar refractivity (Wildman–Crippen MR) is 73.8 cm³/mol. The lowest BCUT2D eigenvalue weighted by atomic mass is 9.93. The third-order valence-corrected chi connectivity index (χ3v) is 4.01. The molecule has 1 aromatic rings. The summed E-state index contributed by atoms with van der Waals surface area (Å²) in [6, 6.07) is 8.47. The van der Waals surface area contributed by atoms with E-state index in [0.717, 1.165) is 30.5 Å². The van der Waals surface area contributed by atoms with Crippen molar-refractivity contribution in [3.63, 3.8) is 0 Å². The molecule has 0 saturated carbocycles. The molecule has 2 atom stereocenters. The van der Waals surface area contributed by atoms with Crippen LogP contribution in [0.4, 0.5) is 0 Å². The molecular weight excluding hydrogens is 278 g/mol. The molecular formula is C14H20BrNO. The molecule has 1 saturated heterocycles. The lowest BCUT2D eigenvalue weighted by Gasteiger charge is -2.34. The van der Waals surface area contributed by atoms with Crippen molar-refractivity contribution in [2.45, 2.75) is 32.4 Å². The Labute approximate surface area is 112 Å². The number of likely N-dealkylation sites (tertiary alicyclic amines) is 1. The molecule has 1 fully saturated rings. The van der Waals surface area contributed by atoms with Gasteiger partial charge in [-0.25, -0.2) is 0 Å². The van der Waals surface area contributed by atoms with Gasteiger partial charge in [0.25, 0.3) is 0 Å². The molecule has 2 unspecified atom stereocenters. The van der Waals surface area contributed by atoms with E-state index in [1.807, 2.05) is 6.92 Å². The molecule has 2 rings (SSSR count). The largest absolute Gasteiger partial charge is 0.393 e. The number of hydrogen-bond donors (Lipinski definition) is 1. The quantitative estimate of drug-likeness (QED) is 0.927. The van der Waals surface area contributed by atoms with Crippen molar-refractivity contribution in [2.75, 3.05) is 13.1 Å². The fraction of sp³-hybridized carbons (Fsp3) is 0.571. The number of aliphatic hydroxyl groups is 1. The zero-order chi connectivity index (χ0) is 12.3. The lowest BCUT2D eigenvalue weighted by molar-refractivity contribution is 0.0599. The second-order valence-electron chi connectivity index (χ2n) is 5.01. The standard InChI is InChI=1S/C14H20BrNO/c1-11(17)13-5-3-7-16(10-13)9-12-4-2-6-14(15)8-12/h2,4,6,8,11,13,17H,3,5,7,9-10H2,1H3. The fourth-order valence-corrected chi connectivity index (χ4v) is 2.97. The van der Waals surface area contributed by atoms with Crippen LogP contribution in [0.1, 0.15) is 25.3 Å². The topological polar surface area (TPSA) is 23.5 Å². The highest BCUT2D eigenvalue weighted by atomic mass is 79.9. The van der Waals surface area contributed by atoms with Gasteiger partial charge in [-0.1, -0.05) is 28.1 Å². The maximum atomic E-state index is 9.67. The summed E-state index contributed by atoms with van der Waals surface area (Å²) in [6.07, 6.45) is 2.18. The highest BCUT2D eigenvalue weighted by Gasteiger charge is 2.23. The van der Waals surface area contributed by atoms with E-state index in [4.69, 9.17) is 0 Å². The average Bonchev–Trinajstić information content (AvgIpc) is 2.29. The number of halogens is 1. The second kappa shape index (κ2) is 5.98. The molecule has 3 heteroatoms. The summed E-state index contributed by atoms with van der Waals surface area (Å²) in [5, 5.41) is 9.67. The maximum Gasteiger partial charge on any atom is 0.0552 e. The molecule has 1 heterocycles. The first-order valence-electron chi connectivity index (χ1n) is 6.30. The Morgan fingerprint density at radius 2 is 2.35 bits per heavy atom. The summed E-state index contributed by atoms with van der Waals surface area (Å²) in [6.45, 7) is 5.07. The minimum Gasteiger partial charge on any atom is -0.393 e. The summed E-state index contributed by atoms with van der Waals surface area (Å²) in [4.78, 5) is 2.45. The van der Waals surface area contributed by atoms with Crippen LogP contribution in [0.3, 0.4) is 0 Å². The summed E-state index contributed by atoms with van der Waals surface area (Å²) < 4.78 is 1.14. The zero-order valence-corrected chi connectivity index (χ0v) is 11.9. The molecule has 0 spiro atoms. The minimum atomic E-state index is -0.180. The molecule has 0 bridgehead atoms. The van der Waals surface area contributed by atoms with Gasteiger partial charge in [0.05, 0.1) is 6.10 Å². The van der Waals surface area contributed by atoms with Crippen molar-refractivity contribution < 1.29 is 5.11 Å². The highest BCUT2D eigenvalue weighted by molar-refractivity contribution is 9.10. The van der Waals surface area contributed by atoms with Crippen molar-refractivity contribution in [3.05, 3.63) is 34.3 Å². The highest BCUT2D eigenvalue weighted by Crippen LogP contribution is 2.22. The molecule has 17 heavy (non-hydrogen) atoms. The van der Waals surface area contributed by atoms with Crippen LogP contribution in [0.5, 0.6) is 0 Å². The second-order valence-corrected chi connectivity index (χ2v) is 5.92. The van der Waals surface area contributed by atoms with Gasteiger partial charge in [0.1, 0.15) is 0 Å². The number of aliphatic hydroxyl groups excluding tert-OH is 1. The normalized spacial score (nSPS) is 23.6. The van der Waals surface area contributed by atoms with E-state index >= 15 is 0 Å². The van der Waals surface area contributed by atoms with E-state index in [9.17, 15) is 5.11 Å². The molecule has 1 aliphatic rings. The van der Waals surface area contributed by atoms with E-state index in [-0.39, 0.29) is 6.10 Å². The van der Waals surface area contributed by atoms with Gasteiger partial charge in [-0.2, -0.15) is 0 Å². The number of piperidine rings is 1. The first-order chi connectivity index (χ1) is 8.15. The van der Waals surface area contributed by atoms with Crippen LogP contribution in [-0.2, 0) is 6.54 Å². The van der Waals surface area contributed by atoms with Gasteiger partial charge in [-0.3, -0.25) is 4.90 Å². The number of nitrogens with zero attached hydrogens (tertiary/aromatic N) is 1. The Kier molecular flexibility index (Phi) is 4.60. The molecule has 1 N–H and O–H groups in total. The molecule has 0 aromatic heterocycles. The molecule has 0 amide bonds. The summed E-state index contributed by atoms with van der Waals surface area (Å²) in [7, 11) is 0. The summed E-state index contributed by atoms with van der Waals surface area (Å²) in [5.41, 5.74) is 1.34. The Hall–Kier alpha value is -0.380. The third kappa shape index (κ3) is 3.80. The van der Waals surface area contributed by atoms with Crippen LogP contribution in [0, 0.1) is 5.92 Å². The smallest absolute Gasteiger partial charge is 0.0552 e. The van der Waals surface area contributed by atoms with Gasteiger partial charge in [0.15, 0.2) is 0 Å². The molecule has 1 aliphatic heterocycles. The van der Waals surface area contributed by atoms with Crippen molar-refractivity contribution in [2.24, 2.45) is 5.92 Å². The summed E-state index contributed by atoms with van der Waals surface area (Å²) in [5.74, 6) is 0.441. The minimum absolute atomic E-state index is 0.180. The van der Waals surface area contributed by atoms with Crippen LogP contribution in [0.2, 0.25) is 0 Å². The predicted octanol–water partition coefficient (Wildman–Crippen LogP) is 3.04. The molecule has 2 nitrogen and oxygen atoms in total. The van der Waals surface area contributed by atoms with Crippen molar-refractivity contribution in [1.82, 2.24) is 4.90 Å². The first-order valence-corrected chi connectivity index (χ1v) is 7.09. The van der Waals surface area contributed by atoms with Crippen LogP contribution in [-0.4, -0.2) is 29.2 Å². The van der Waals surface area contributed by atoms with E-state index in [0.29, 0.717) is 5.92 Å². The summed E-state index contributed by atoms with van der Waals surface area (Å²) >= 11 is 3.50. The van der Waals surface area contributed by atoms with Crippen LogP contribution >= 0.6 is 15.9 Å². The Bertz CT molecular complexity index is 367. The maximum absolute atomic E-state index is 9.67. The number of benzene rings is 1. The average molecular weight is 298 g/mol. The zero-order valence-electron chi connectivity index (χ0n) is 10.3. The van der Waals surface area contributed by atoms with Crippen LogP contribution < -0.4 is 0 Å². The van der Waals surface area contributed by atoms with Crippen LogP contribution in [0.25, 0.3) is 0 Å². The van der Waals surface area contributed by atoms with Gasteiger partial charge in [-0.15, -0.1) is 0 Å². The Balaban J connectivity index is 1.94. The molecule has 0 radical (unpaired) electrons. The Morgan fingerprint density at radius 1 is 1.53 bits per heavy atom. The number of hydrogen-bond acceptors (Lipinski definition) is 2. The van der Waals surface area contributed by atoms with Crippen LogP contribution in [0.15, 0.2) is 28.7 Å². The van der Waals surface area contributed by atoms with E-state index in [1.165, 1.54) is 12.0 Å².